The van der Waals surface area contributed by atoms with Crippen molar-refractivity contribution >= 4 is 0 Å². The van der Waals surface area contributed by atoms with Crippen molar-refractivity contribution in [3.05, 3.63) is 59.9 Å². The van der Waals surface area contributed by atoms with Crippen molar-refractivity contribution in [2.75, 3.05) is 0 Å². The Kier molecular flexibility index (Phi) is 2.99. The Morgan fingerprint density at radius 1 is 1.17 bits per heavy atom. The first-order valence-corrected chi connectivity index (χ1v) is 6.25. The van der Waals surface area contributed by atoms with E-state index in [1.165, 1.54) is 18.2 Å². The van der Waals surface area contributed by atoms with Gasteiger partial charge in [-0.2, -0.15) is 0 Å². The van der Waals surface area contributed by atoms with E-state index < -0.39 is 0 Å². The van der Waals surface area contributed by atoms with E-state index in [0.717, 1.165) is 12.2 Å². The third-order valence-corrected chi connectivity index (χ3v) is 3.37. The van der Waals surface area contributed by atoms with Crippen LogP contribution in [0.5, 0.6) is 5.75 Å². The largest absolute Gasteiger partial charge is 0.506 e. The van der Waals surface area contributed by atoms with Crippen LogP contribution < -0.4 is 5.32 Å². The molecule has 1 aliphatic carbocycles. The smallest absolute Gasteiger partial charge is 0.133 e. The minimum absolute atomic E-state index is 0.215. The van der Waals surface area contributed by atoms with E-state index in [4.69, 9.17) is 5.11 Å². The van der Waals surface area contributed by atoms with E-state index >= 15 is 0 Å². The summed E-state index contributed by atoms with van der Waals surface area (Å²) < 4.78 is 0. The van der Waals surface area contributed by atoms with Gasteiger partial charge in [0.25, 0.3) is 0 Å². The molecule has 0 bridgehead atoms. The highest BCUT2D eigenvalue weighted by atomic mass is 16.3. The number of benzene rings is 1. The molecule has 18 heavy (non-hydrogen) atoms. The predicted molar refractivity (Wildman–Crippen MR) is 70.3 cm³/mol. The molecule has 1 fully saturated rings. The Bertz CT molecular complexity index is 510. The molecule has 2 aromatic rings. The van der Waals surface area contributed by atoms with Gasteiger partial charge in [-0.05, 0) is 24.1 Å². The maximum Gasteiger partial charge on any atom is 0.133 e. The fourth-order valence-corrected chi connectivity index (χ4v) is 2.25. The fourth-order valence-electron chi connectivity index (χ4n) is 2.25. The van der Waals surface area contributed by atoms with Gasteiger partial charge in [0.15, 0.2) is 0 Å². The van der Waals surface area contributed by atoms with Gasteiger partial charge in [0.2, 0.25) is 0 Å². The Balaban J connectivity index is 1.53. The monoisotopic (exact) mass is 240 g/mol. The molecule has 3 nitrogen and oxygen atoms in total. The lowest BCUT2D eigenvalue weighted by Crippen LogP contribution is -2.17. The number of nitrogens with zero attached hydrogens (tertiary/aromatic N) is 1. The Morgan fingerprint density at radius 2 is 2.00 bits per heavy atom. The van der Waals surface area contributed by atoms with Gasteiger partial charge >= 0.3 is 0 Å². The first-order chi connectivity index (χ1) is 8.83. The van der Waals surface area contributed by atoms with Crippen LogP contribution >= 0.6 is 0 Å². The fraction of sp³-hybridized carbons (Fsp3) is 0.267. The number of rotatable bonds is 4. The molecule has 3 rings (SSSR count). The van der Waals surface area contributed by atoms with Gasteiger partial charge in [0.1, 0.15) is 5.75 Å². The van der Waals surface area contributed by atoms with Crippen LogP contribution in [-0.2, 0) is 6.54 Å². The molecule has 0 aliphatic heterocycles. The topological polar surface area (TPSA) is 45.1 Å². The summed E-state index contributed by atoms with van der Waals surface area (Å²) in [5, 5.41) is 12.7. The number of pyridine rings is 1. The van der Waals surface area contributed by atoms with Crippen LogP contribution in [0.25, 0.3) is 0 Å². The van der Waals surface area contributed by atoms with Crippen molar-refractivity contribution in [1.29, 1.82) is 0 Å². The van der Waals surface area contributed by atoms with Crippen molar-refractivity contribution < 1.29 is 5.11 Å². The van der Waals surface area contributed by atoms with Crippen LogP contribution in [-0.4, -0.2) is 16.1 Å². The lowest BCUT2D eigenvalue weighted by atomic mass is 10.1. The molecule has 2 atom stereocenters. The van der Waals surface area contributed by atoms with Crippen molar-refractivity contribution in [3.63, 3.8) is 0 Å². The first-order valence-electron chi connectivity index (χ1n) is 6.25. The lowest BCUT2D eigenvalue weighted by Gasteiger charge is -2.04. The normalized spacial score (nSPS) is 21.8. The zero-order chi connectivity index (χ0) is 12.4. The molecule has 2 unspecified atom stereocenters. The summed E-state index contributed by atoms with van der Waals surface area (Å²) in [4.78, 5) is 4.16. The summed E-state index contributed by atoms with van der Waals surface area (Å²) in [7, 11) is 0. The van der Waals surface area contributed by atoms with Crippen molar-refractivity contribution in [2.24, 2.45) is 0 Å². The summed E-state index contributed by atoms with van der Waals surface area (Å²) in [5.41, 5.74) is 2.38. The van der Waals surface area contributed by atoms with Gasteiger partial charge in [-0.15, -0.1) is 0 Å². The van der Waals surface area contributed by atoms with Gasteiger partial charge in [0.05, 0.1) is 11.9 Å². The second-order valence-corrected chi connectivity index (χ2v) is 4.75. The molecule has 1 heterocycles. The van der Waals surface area contributed by atoms with Gasteiger partial charge in [-0.25, -0.2) is 0 Å². The average Bonchev–Trinajstić information content (AvgIpc) is 3.19. The molecule has 3 heteroatoms. The Labute approximate surface area is 107 Å². The number of nitrogens with one attached hydrogen (secondary N) is 1. The van der Waals surface area contributed by atoms with E-state index in [2.05, 4.69) is 40.6 Å². The number of aromatic hydroxyl groups is 1. The Hall–Kier alpha value is -1.87. The third kappa shape index (κ3) is 2.51. The molecule has 0 radical (unpaired) electrons. The first kappa shape index (κ1) is 11.2. The van der Waals surface area contributed by atoms with Crippen molar-refractivity contribution in [3.8, 4) is 5.75 Å². The SMILES string of the molecule is Oc1ccc(CNC2CC2c2ccccc2)nc1. The second-order valence-electron chi connectivity index (χ2n) is 4.75. The molecular weight excluding hydrogens is 224 g/mol. The van der Waals surface area contributed by atoms with E-state index in [1.807, 2.05) is 6.07 Å². The van der Waals surface area contributed by atoms with Crippen LogP contribution in [0, 0.1) is 0 Å². The zero-order valence-corrected chi connectivity index (χ0v) is 10.1. The van der Waals surface area contributed by atoms with Gasteiger partial charge in [-0.1, -0.05) is 30.3 Å². The summed E-state index contributed by atoms with van der Waals surface area (Å²) in [6, 6.07) is 14.7. The van der Waals surface area contributed by atoms with Gasteiger partial charge < -0.3 is 10.4 Å². The minimum Gasteiger partial charge on any atom is -0.506 e. The summed E-state index contributed by atoms with van der Waals surface area (Å²) in [5.74, 6) is 0.857. The summed E-state index contributed by atoms with van der Waals surface area (Å²) >= 11 is 0. The van der Waals surface area contributed by atoms with Gasteiger partial charge in [0, 0.05) is 18.5 Å². The summed E-state index contributed by atoms with van der Waals surface area (Å²) in [6.07, 6.45) is 2.68. The average molecular weight is 240 g/mol. The lowest BCUT2D eigenvalue weighted by molar-refractivity contribution is 0.471. The molecule has 1 aliphatic rings. The van der Waals surface area contributed by atoms with Crippen molar-refractivity contribution in [2.45, 2.75) is 24.9 Å². The predicted octanol–water partition coefficient (Wildman–Crippen LogP) is 2.43. The zero-order valence-electron chi connectivity index (χ0n) is 10.1. The molecule has 1 aromatic carbocycles. The van der Waals surface area contributed by atoms with Crippen LogP contribution in [0.2, 0.25) is 0 Å². The number of aromatic nitrogens is 1. The highest BCUT2D eigenvalue weighted by Gasteiger charge is 2.37. The molecule has 0 amide bonds. The quantitative estimate of drug-likeness (QED) is 0.862. The highest BCUT2D eigenvalue weighted by molar-refractivity contribution is 5.27. The molecule has 2 N–H and O–H groups in total. The van der Waals surface area contributed by atoms with Crippen LogP contribution in [0.3, 0.4) is 0 Å². The number of hydrogen-bond acceptors (Lipinski definition) is 3. The van der Waals surface area contributed by atoms with Crippen LogP contribution in [0.15, 0.2) is 48.7 Å². The number of hydrogen-bond donors (Lipinski definition) is 2. The second kappa shape index (κ2) is 4.78. The van der Waals surface area contributed by atoms with E-state index in [0.29, 0.717) is 12.0 Å². The molecule has 0 spiro atoms. The molecule has 1 aromatic heterocycles. The standard InChI is InChI=1S/C15H16N2O/c18-13-7-6-12(16-10-13)9-17-15-8-14(15)11-4-2-1-3-5-11/h1-7,10,14-15,17-18H,8-9H2. The van der Waals surface area contributed by atoms with Crippen molar-refractivity contribution in [1.82, 2.24) is 10.3 Å². The van der Waals surface area contributed by atoms with Crippen LogP contribution in [0.4, 0.5) is 0 Å². The summed E-state index contributed by atoms with van der Waals surface area (Å²) in [6.45, 7) is 0.758. The van der Waals surface area contributed by atoms with Crippen LogP contribution in [0.1, 0.15) is 23.6 Å². The molecule has 0 saturated heterocycles. The maximum absolute atomic E-state index is 9.15. The maximum atomic E-state index is 9.15. The van der Waals surface area contributed by atoms with E-state index in [1.54, 1.807) is 6.07 Å². The van der Waals surface area contributed by atoms with E-state index in [9.17, 15) is 0 Å². The third-order valence-electron chi connectivity index (χ3n) is 3.37. The van der Waals surface area contributed by atoms with E-state index in [-0.39, 0.29) is 5.75 Å². The molecule has 92 valence electrons. The highest BCUT2D eigenvalue weighted by Crippen LogP contribution is 2.40. The van der Waals surface area contributed by atoms with Gasteiger partial charge in [-0.3, -0.25) is 4.98 Å². The Morgan fingerprint density at radius 3 is 2.72 bits per heavy atom. The molecule has 1 saturated carbocycles. The molecular formula is C15H16N2O. The minimum atomic E-state index is 0.215.